The van der Waals surface area contributed by atoms with E-state index in [4.69, 9.17) is 4.42 Å². The zero-order valence-electron chi connectivity index (χ0n) is 17.2. The van der Waals surface area contributed by atoms with Gasteiger partial charge in [-0.3, -0.25) is 9.36 Å². The Morgan fingerprint density at radius 2 is 1.90 bits per heavy atom. The molecular weight excluding hydrogens is 400 g/mol. The summed E-state index contributed by atoms with van der Waals surface area (Å²) in [6.07, 6.45) is 4.92. The highest BCUT2D eigenvalue weighted by molar-refractivity contribution is 7.99. The van der Waals surface area contributed by atoms with Crippen molar-refractivity contribution in [2.75, 3.05) is 5.75 Å². The molecule has 4 rings (SSSR count). The number of carbonyl (C=O) groups excluding carboxylic acids is 1. The van der Waals surface area contributed by atoms with Gasteiger partial charge in [-0.1, -0.05) is 11.8 Å². The van der Waals surface area contributed by atoms with E-state index in [9.17, 15) is 9.90 Å². The highest BCUT2D eigenvalue weighted by atomic mass is 32.2. The van der Waals surface area contributed by atoms with Gasteiger partial charge >= 0.3 is 0 Å². The van der Waals surface area contributed by atoms with Crippen molar-refractivity contribution >= 4 is 17.7 Å². The number of aromatic hydroxyl groups is 1. The number of rotatable bonds is 6. The molecule has 30 heavy (non-hydrogen) atoms. The molecule has 1 amide bonds. The van der Waals surface area contributed by atoms with E-state index >= 15 is 0 Å². The van der Waals surface area contributed by atoms with Crippen LogP contribution in [0.1, 0.15) is 38.9 Å². The van der Waals surface area contributed by atoms with Gasteiger partial charge in [0.1, 0.15) is 11.5 Å². The minimum Gasteiger partial charge on any atom is -0.508 e. The van der Waals surface area contributed by atoms with Gasteiger partial charge in [0.15, 0.2) is 11.0 Å². The molecule has 0 spiro atoms. The first-order chi connectivity index (χ1) is 14.5. The topological polar surface area (TPSA) is 84.4 Å². The van der Waals surface area contributed by atoms with Gasteiger partial charge in [-0.05, 0) is 69.5 Å². The van der Waals surface area contributed by atoms with Gasteiger partial charge in [-0.2, -0.15) is 0 Å². The van der Waals surface area contributed by atoms with Crippen molar-refractivity contribution in [3.63, 3.8) is 0 Å². The van der Waals surface area contributed by atoms with Gasteiger partial charge in [-0.15, -0.1) is 10.2 Å². The maximum absolute atomic E-state index is 12.9. The molecule has 1 aromatic carbocycles. The first-order valence-corrected chi connectivity index (χ1v) is 11.2. The highest BCUT2D eigenvalue weighted by Gasteiger charge is 2.29. The lowest BCUT2D eigenvalue weighted by Gasteiger charge is -2.39. The number of nitrogens with zero attached hydrogens (tertiary/aromatic N) is 4. The summed E-state index contributed by atoms with van der Waals surface area (Å²) in [6.45, 7) is 4.71. The predicted molar refractivity (Wildman–Crippen MR) is 115 cm³/mol. The average molecular weight is 427 g/mol. The van der Waals surface area contributed by atoms with E-state index in [0.717, 1.165) is 24.2 Å². The van der Waals surface area contributed by atoms with Crippen LogP contribution >= 0.6 is 11.8 Å². The number of amides is 1. The molecule has 2 atom stereocenters. The summed E-state index contributed by atoms with van der Waals surface area (Å²) in [4.78, 5) is 15.0. The molecule has 0 radical (unpaired) electrons. The molecule has 0 aliphatic carbocycles. The van der Waals surface area contributed by atoms with E-state index in [1.165, 1.54) is 18.2 Å². The van der Waals surface area contributed by atoms with Crippen LogP contribution in [-0.2, 0) is 11.3 Å². The van der Waals surface area contributed by atoms with Crippen molar-refractivity contribution in [3.05, 3.63) is 48.4 Å². The van der Waals surface area contributed by atoms with Crippen LogP contribution < -0.4 is 0 Å². The van der Waals surface area contributed by atoms with Gasteiger partial charge in [0.2, 0.25) is 5.91 Å². The maximum Gasteiger partial charge on any atom is 0.233 e. The van der Waals surface area contributed by atoms with Crippen LogP contribution in [0.2, 0.25) is 0 Å². The number of thioether (sulfide) groups is 1. The van der Waals surface area contributed by atoms with E-state index in [0.29, 0.717) is 23.3 Å². The number of phenolic OH excluding ortho intramolecular Hbond substituents is 1. The Labute approximate surface area is 180 Å². The first kappa shape index (κ1) is 20.5. The van der Waals surface area contributed by atoms with E-state index < -0.39 is 0 Å². The molecule has 8 heteroatoms. The molecule has 3 heterocycles. The second-order valence-electron chi connectivity index (χ2n) is 7.74. The summed E-state index contributed by atoms with van der Waals surface area (Å²) in [5.74, 6) is 2.10. The number of piperidine rings is 1. The fourth-order valence-corrected chi connectivity index (χ4v) is 4.84. The van der Waals surface area contributed by atoms with Crippen LogP contribution in [0, 0.1) is 0 Å². The van der Waals surface area contributed by atoms with Crippen LogP contribution in [0.15, 0.2) is 52.2 Å². The summed E-state index contributed by atoms with van der Waals surface area (Å²) in [6, 6.07) is 11.1. The van der Waals surface area contributed by atoms with Crippen molar-refractivity contribution in [3.8, 4) is 17.1 Å². The summed E-state index contributed by atoms with van der Waals surface area (Å²) < 4.78 is 7.47. The standard InChI is InChI=1S/C22H26N4O3S/c1-15-5-3-6-16(2)26(15)20(28)14-30-22-24-23-21(17-8-10-18(27)11-9-17)25(22)13-19-7-4-12-29-19/h4,7-12,15-16,27H,3,5-6,13-14H2,1-2H3. The van der Waals surface area contributed by atoms with Gasteiger partial charge < -0.3 is 14.4 Å². The monoisotopic (exact) mass is 426 g/mol. The molecule has 1 fully saturated rings. The highest BCUT2D eigenvalue weighted by Crippen LogP contribution is 2.28. The number of hydrogen-bond acceptors (Lipinski definition) is 6. The van der Waals surface area contributed by atoms with E-state index in [1.54, 1.807) is 30.5 Å². The zero-order valence-corrected chi connectivity index (χ0v) is 18.0. The second-order valence-corrected chi connectivity index (χ2v) is 8.68. The van der Waals surface area contributed by atoms with Gasteiger partial charge in [0.25, 0.3) is 0 Å². The van der Waals surface area contributed by atoms with Crippen LogP contribution in [0.25, 0.3) is 11.4 Å². The molecule has 2 unspecified atom stereocenters. The van der Waals surface area contributed by atoms with E-state index in [1.807, 2.05) is 21.6 Å². The van der Waals surface area contributed by atoms with Crippen LogP contribution in [0.4, 0.5) is 0 Å². The fraction of sp³-hybridized carbons (Fsp3) is 0.409. The van der Waals surface area contributed by atoms with Crippen molar-refractivity contribution in [1.29, 1.82) is 0 Å². The quantitative estimate of drug-likeness (QED) is 0.596. The molecule has 3 aromatic rings. The number of furan rings is 1. The molecule has 1 aliphatic heterocycles. The molecule has 7 nitrogen and oxygen atoms in total. The lowest BCUT2D eigenvalue weighted by Crippen LogP contribution is -2.48. The van der Waals surface area contributed by atoms with Crippen LogP contribution in [0.5, 0.6) is 5.75 Å². The van der Waals surface area contributed by atoms with Crippen molar-refractivity contribution in [2.24, 2.45) is 0 Å². The Bertz CT molecular complexity index is 974. The van der Waals surface area contributed by atoms with Crippen LogP contribution in [-0.4, -0.2) is 48.5 Å². The van der Waals surface area contributed by atoms with Crippen molar-refractivity contribution in [2.45, 2.75) is 56.9 Å². The lowest BCUT2D eigenvalue weighted by molar-refractivity contribution is -0.134. The minimum atomic E-state index is 0.137. The number of likely N-dealkylation sites (tertiary alicyclic amines) is 1. The summed E-state index contributed by atoms with van der Waals surface area (Å²) >= 11 is 1.40. The largest absolute Gasteiger partial charge is 0.508 e. The first-order valence-electron chi connectivity index (χ1n) is 10.2. The smallest absolute Gasteiger partial charge is 0.233 e. The minimum absolute atomic E-state index is 0.137. The lowest BCUT2D eigenvalue weighted by atomic mass is 9.98. The molecule has 0 saturated carbocycles. The molecule has 0 bridgehead atoms. The molecule has 2 aromatic heterocycles. The molecule has 158 valence electrons. The Hall–Kier alpha value is -2.74. The summed E-state index contributed by atoms with van der Waals surface area (Å²) in [7, 11) is 0. The Kier molecular flexibility index (Phi) is 6.13. The van der Waals surface area contributed by atoms with Crippen LogP contribution in [0.3, 0.4) is 0 Å². The SMILES string of the molecule is CC1CCCC(C)N1C(=O)CSc1nnc(-c2ccc(O)cc2)n1Cc1ccco1. The van der Waals surface area contributed by atoms with Gasteiger partial charge in [0, 0.05) is 17.6 Å². The average Bonchev–Trinajstić information content (AvgIpc) is 3.37. The van der Waals surface area contributed by atoms with Gasteiger partial charge in [-0.25, -0.2) is 0 Å². The maximum atomic E-state index is 12.9. The second kappa shape index (κ2) is 8.95. The number of carbonyl (C=O) groups is 1. The summed E-state index contributed by atoms with van der Waals surface area (Å²) in [5, 5.41) is 19.0. The fourth-order valence-electron chi connectivity index (χ4n) is 4.03. The van der Waals surface area contributed by atoms with E-state index in [-0.39, 0.29) is 23.7 Å². The normalized spacial score (nSPS) is 19.2. The third-order valence-corrected chi connectivity index (χ3v) is 6.49. The third-order valence-electron chi connectivity index (χ3n) is 5.54. The van der Waals surface area contributed by atoms with Gasteiger partial charge in [0.05, 0.1) is 18.6 Å². The number of benzene rings is 1. The number of aromatic nitrogens is 3. The van der Waals surface area contributed by atoms with E-state index in [2.05, 4.69) is 24.0 Å². The predicted octanol–water partition coefficient (Wildman–Crippen LogP) is 4.17. The van der Waals surface area contributed by atoms with Crippen molar-refractivity contribution in [1.82, 2.24) is 19.7 Å². The third kappa shape index (κ3) is 4.38. The molecular formula is C22H26N4O3S. The Morgan fingerprint density at radius 1 is 1.17 bits per heavy atom. The Balaban J connectivity index is 1.56. The molecule has 1 aliphatic rings. The number of phenols is 1. The van der Waals surface area contributed by atoms with Crippen molar-refractivity contribution < 1.29 is 14.3 Å². The Morgan fingerprint density at radius 3 is 2.57 bits per heavy atom. The molecule has 1 N–H and O–H groups in total. The summed E-state index contributed by atoms with van der Waals surface area (Å²) in [5.41, 5.74) is 0.836. The number of hydrogen-bond donors (Lipinski definition) is 1. The molecule has 1 saturated heterocycles. The zero-order chi connectivity index (χ0) is 21.1.